The summed E-state index contributed by atoms with van der Waals surface area (Å²) in [5.41, 5.74) is 1.97. The van der Waals surface area contributed by atoms with Crippen molar-refractivity contribution in [2.24, 2.45) is 0 Å². The summed E-state index contributed by atoms with van der Waals surface area (Å²) in [6.45, 7) is 4.54. The predicted octanol–water partition coefficient (Wildman–Crippen LogP) is 2.47. The first-order chi connectivity index (χ1) is 10.1. The van der Waals surface area contributed by atoms with Crippen LogP contribution in [0.3, 0.4) is 0 Å². The van der Waals surface area contributed by atoms with Crippen molar-refractivity contribution >= 4 is 11.6 Å². The number of hydrogen-bond donors (Lipinski definition) is 1. The maximum absolute atomic E-state index is 12.1. The Labute approximate surface area is 123 Å². The lowest BCUT2D eigenvalue weighted by atomic mass is 10.1. The van der Waals surface area contributed by atoms with Gasteiger partial charge in [0.05, 0.1) is 0 Å². The van der Waals surface area contributed by atoms with Crippen LogP contribution in [0.25, 0.3) is 0 Å². The fourth-order valence-corrected chi connectivity index (χ4v) is 1.96. The minimum atomic E-state index is -0.316. The Bertz CT molecular complexity index is 675. The average Bonchev–Trinajstić information content (AvgIpc) is 2.50. The molecule has 1 aromatic carbocycles. The van der Waals surface area contributed by atoms with E-state index >= 15 is 0 Å². The Morgan fingerprint density at radius 3 is 2.48 bits per heavy atom. The van der Waals surface area contributed by atoms with Gasteiger partial charge in [-0.05, 0) is 36.6 Å². The number of hydrogen-bond acceptors (Lipinski definition) is 3. The molecule has 0 radical (unpaired) electrons. The first-order valence-electron chi connectivity index (χ1n) is 7.12. The molecule has 2 rings (SSSR count). The number of nitrogens with zero attached hydrogens (tertiary/aromatic N) is 2. The third-order valence-electron chi connectivity index (χ3n) is 3.15. The fraction of sp³-hybridized carbons (Fsp3) is 0.312. The van der Waals surface area contributed by atoms with Crippen LogP contribution in [0.1, 0.15) is 36.3 Å². The second-order valence-electron chi connectivity index (χ2n) is 4.78. The number of benzene rings is 1. The van der Waals surface area contributed by atoms with Crippen LogP contribution in [0.15, 0.2) is 41.2 Å². The van der Waals surface area contributed by atoms with Crippen molar-refractivity contribution in [2.45, 2.75) is 33.2 Å². The molecule has 0 fully saturated rings. The van der Waals surface area contributed by atoms with E-state index in [2.05, 4.69) is 17.3 Å². The molecule has 0 saturated heterocycles. The number of carbonyl (C=O) groups is 1. The van der Waals surface area contributed by atoms with E-state index in [1.807, 2.05) is 31.2 Å². The quantitative estimate of drug-likeness (QED) is 0.917. The zero-order valence-corrected chi connectivity index (χ0v) is 12.3. The number of anilines is 1. The highest BCUT2D eigenvalue weighted by Gasteiger charge is 2.09. The van der Waals surface area contributed by atoms with Crippen LogP contribution in [-0.4, -0.2) is 15.7 Å². The highest BCUT2D eigenvalue weighted by atomic mass is 16.2. The minimum Gasteiger partial charge on any atom is -0.321 e. The summed E-state index contributed by atoms with van der Waals surface area (Å²) >= 11 is 0. The summed E-state index contributed by atoms with van der Waals surface area (Å²) in [4.78, 5) is 23.7. The Balaban J connectivity index is 2.15. The molecular weight excluding hydrogens is 266 g/mol. The molecule has 2 aromatic rings. The minimum absolute atomic E-state index is 0.194. The van der Waals surface area contributed by atoms with Gasteiger partial charge in [-0.1, -0.05) is 26.0 Å². The van der Waals surface area contributed by atoms with Gasteiger partial charge < -0.3 is 5.32 Å². The molecular formula is C16H19N3O2. The van der Waals surface area contributed by atoms with E-state index < -0.39 is 0 Å². The lowest BCUT2D eigenvalue weighted by molar-refractivity contribution is 0.102. The average molecular weight is 285 g/mol. The third-order valence-corrected chi connectivity index (χ3v) is 3.15. The number of nitrogens with one attached hydrogen (secondary N) is 1. The molecule has 0 unspecified atom stereocenters. The molecule has 0 bridgehead atoms. The highest BCUT2D eigenvalue weighted by Crippen LogP contribution is 2.10. The van der Waals surface area contributed by atoms with Gasteiger partial charge in [-0.2, -0.15) is 5.10 Å². The van der Waals surface area contributed by atoms with E-state index in [0.29, 0.717) is 12.2 Å². The fourth-order valence-electron chi connectivity index (χ4n) is 1.96. The van der Waals surface area contributed by atoms with Gasteiger partial charge in [0.15, 0.2) is 0 Å². The Kier molecular flexibility index (Phi) is 4.87. The first kappa shape index (κ1) is 15.0. The van der Waals surface area contributed by atoms with Crippen LogP contribution in [0.2, 0.25) is 0 Å². The molecule has 1 amide bonds. The molecule has 1 aromatic heterocycles. The smallest absolute Gasteiger partial charge is 0.276 e. The van der Waals surface area contributed by atoms with Gasteiger partial charge in [-0.25, -0.2) is 4.68 Å². The Hall–Kier alpha value is -2.43. The first-order valence-corrected chi connectivity index (χ1v) is 7.12. The molecule has 1 heterocycles. The van der Waals surface area contributed by atoms with Crippen LogP contribution in [0.4, 0.5) is 5.69 Å². The maximum Gasteiger partial charge on any atom is 0.276 e. The summed E-state index contributed by atoms with van der Waals surface area (Å²) in [6, 6.07) is 10.5. The highest BCUT2D eigenvalue weighted by molar-refractivity contribution is 6.02. The van der Waals surface area contributed by atoms with Gasteiger partial charge in [0.1, 0.15) is 5.69 Å². The zero-order valence-electron chi connectivity index (χ0n) is 12.3. The molecule has 0 spiro atoms. The zero-order chi connectivity index (χ0) is 15.2. The van der Waals surface area contributed by atoms with Crippen molar-refractivity contribution in [1.29, 1.82) is 0 Å². The van der Waals surface area contributed by atoms with Crippen molar-refractivity contribution in [1.82, 2.24) is 9.78 Å². The molecule has 0 aliphatic carbocycles. The second-order valence-corrected chi connectivity index (χ2v) is 4.78. The molecule has 0 aliphatic heterocycles. The number of aromatic nitrogens is 2. The third kappa shape index (κ3) is 3.78. The van der Waals surface area contributed by atoms with Crippen LogP contribution in [0.5, 0.6) is 0 Å². The van der Waals surface area contributed by atoms with Gasteiger partial charge >= 0.3 is 0 Å². The van der Waals surface area contributed by atoms with Gasteiger partial charge in [0.2, 0.25) is 0 Å². The lowest BCUT2D eigenvalue weighted by Crippen LogP contribution is -2.26. The molecule has 21 heavy (non-hydrogen) atoms. The monoisotopic (exact) mass is 285 g/mol. The van der Waals surface area contributed by atoms with Crippen molar-refractivity contribution in [2.75, 3.05) is 5.32 Å². The summed E-state index contributed by atoms with van der Waals surface area (Å²) < 4.78 is 1.31. The predicted molar refractivity (Wildman–Crippen MR) is 82.6 cm³/mol. The number of rotatable bonds is 5. The van der Waals surface area contributed by atoms with Crippen LogP contribution >= 0.6 is 0 Å². The van der Waals surface area contributed by atoms with E-state index in [9.17, 15) is 9.59 Å². The van der Waals surface area contributed by atoms with Crippen molar-refractivity contribution < 1.29 is 4.79 Å². The second kappa shape index (κ2) is 6.83. The summed E-state index contributed by atoms with van der Waals surface area (Å²) in [5.74, 6) is -0.316. The number of carbonyl (C=O) groups excluding carboxylic acids is 1. The molecule has 5 nitrogen and oxygen atoms in total. The van der Waals surface area contributed by atoms with Crippen molar-refractivity contribution in [3.8, 4) is 0 Å². The van der Waals surface area contributed by atoms with Crippen molar-refractivity contribution in [3.63, 3.8) is 0 Å². The molecule has 0 atom stereocenters. The van der Waals surface area contributed by atoms with Gasteiger partial charge in [0, 0.05) is 18.3 Å². The summed E-state index contributed by atoms with van der Waals surface area (Å²) in [7, 11) is 0. The topological polar surface area (TPSA) is 64.0 Å². The Morgan fingerprint density at radius 2 is 1.86 bits per heavy atom. The van der Waals surface area contributed by atoms with E-state index in [0.717, 1.165) is 12.8 Å². The summed E-state index contributed by atoms with van der Waals surface area (Å²) in [6.07, 6.45) is 1.74. The van der Waals surface area contributed by atoms with E-state index in [1.165, 1.54) is 22.4 Å². The lowest BCUT2D eigenvalue weighted by Gasteiger charge is -2.07. The van der Waals surface area contributed by atoms with Crippen molar-refractivity contribution in [3.05, 3.63) is 58.0 Å². The normalized spacial score (nSPS) is 10.4. The Morgan fingerprint density at radius 1 is 1.14 bits per heavy atom. The van der Waals surface area contributed by atoms with E-state index in [1.54, 1.807) is 0 Å². The van der Waals surface area contributed by atoms with Gasteiger partial charge in [-0.15, -0.1) is 0 Å². The van der Waals surface area contributed by atoms with Crippen LogP contribution in [0, 0.1) is 0 Å². The SMILES string of the molecule is CCCn1nc(C(=O)Nc2ccc(CC)cc2)ccc1=O. The summed E-state index contributed by atoms with van der Waals surface area (Å²) in [5, 5.41) is 6.87. The van der Waals surface area contributed by atoms with E-state index in [-0.39, 0.29) is 17.2 Å². The number of aryl methyl sites for hydroxylation is 2. The molecule has 5 heteroatoms. The van der Waals surface area contributed by atoms with Gasteiger partial charge in [-0.3, -0.25) is 9.59 Å². The van der Waals surface area contributed by atoms with Crippen LogP contribution < -0.4 is 10.9 Å². The molecule has 0 aliphatic rings. The van der Waals surface area contributed by atoms with Gasteiger partial charge in [0.25, 0.3) is 11.5 Å². The van der Waals surface area contributed by atoms with Crippen LogP contribution in [-0.2, 0) is 13.0 Å². The standard InChI is InChI=1S/C16H19N3O2/c1-3-11-19-15(20)10-9-14(18-19)16(21)17-13-7-5-12(4-2)6-8-13/h5-10H,3-4,11H2,1-2H3,(H,17,21). The molecule has 110 valence electrons. The maximum atomic E-state index is 12.1. The molecule has 1 N–H and O–H groups in total. The number of amides is 1. The van der Waals surface area contributed by atoms with E-state index in [4.69, 9.17) is 0 Å². The molecule has 0 saturated carbocycles. The largest absolute Gasteiger partial charge is 0.321 e.